The molecule has 0 saturated heterocycles. The summed E-state index contributed by atoms with van der Waals surface area (Å²) in [6.07, 6.45) is 1.30. The predicted octanol–water partition coefficient (Wildman–Crippen LogP) is 3.23. The van der Waals surface area contributed by atoms with E-state index < -0.39 is 0 Å². The number of benzene rings is 2. The number of nitrogens with one attached hydrogen (secondary N) is 2. The van der Waals surface area contributed by atoms with Crippen molar-refractivity contribution < 1.29 is 19.1 Å². The van der Waals surface area contributed by atoms with E-state index in [0.717, 1.165) is 34.6 Å². The molecule has 0 unspecified atom stereocenters. The van der Waals surface area contributed by atoms with Gasteiger partial charge in [0, 0.05) is 36.7 Å². The Morgan fingerprint density at radius 1 is 1.21 bits per heavy atom. The SMILES string of the molecule is CCOc1cc2c(cc1CNC(=O)Cc1ccc(NC(C)=O)cc1)O[C@H](C)C2. The third kappa shape index (κ3) is 5.03. The Kier molecular flexibility index (Phi) is 6.19. The van der Waals surface area contributed by atoms with E-state index in [1.807, 2.05) is 38.1 Å². The Bertz CT molecular complexity index is 862. The third-order valence-corrected chi connectivity index (χ3v) is 4.49. The molecule has 0 fully saturated rings. The van der Waals surface area contributed by atoms with Crippen molar-refractivity contribution in [1.29, 1.82) is 0 Å². The van der Waals surface area contributed by atoms with Crippen molar-refractivity contribution >= 4 is 17.5 Å². The number of hydrogen-bond acceptors (Lipinski definition) is 4. The molecule has 1 aliphatic heterocycles. The average Bonchev–Trinajstić information content (AvgIpc) is 3.00. The number of carbonyl (C=O) groups is 2. The molecule has 2 amide bonds. The summed E-state index contributed by atoms with van der Waals surface area (Å²) >= 11 is 0. The van der Waals surface area contributed by atoms with Gasteiger partial charge in [0.05, 0.1) is 13.0 Å². The van der Waals surface area contributed by atoms with E-state index in [4.69, 9.17) is 9.47 Å². The quantitative estimate of drug-likeness (QED) is 0.771. The highest BCUT2D eigenvalue weighted by Crippen LogP contribution is 2.35. The van der Waals surface area contributed by atoms with Gasteiger partial charge < -0.3 is 20.1 Å². The van der Waals surface area contributed by atoms with Gasteiger partial charge >= 0.3 is 0 Å². The smallest absolute Gasteiger partial charge is 0.224 e. The summed E-state index contributed by atoms with van der Waals surface area (Å²) in [7, 11) is 0. The van der Waals surface area contributed by atoms with Crippen LogP contribution in [0.25, 0.3) is 0 Å². The molecule has 28 heavy (non-hydrogen) atoms. The molecule has 0 aromatic heterocycles. The third-order valence-electron chi connectivity index (χ3n) is 4.49. The summed E-state index contributed by atoms with van der Waals surface area (Å²) in [6, 6.07) is 11.2. The number of rotatable bonds is 7. The fourth-order valence-electron chi connectivity index (χ4n) is 3.26. The maximum absolute atomic E-state index is 12.4. The largest absolute Gasteiger partial charge is 0.494 e. The molecule has 1 heterocycles. The molecule has 1 atom stereocenters. The van der Waals surface area contributed by atoms with Crippen molar-refractivity contribution in [3.05, 3.63) is 53.1 Å². The fourth-order valence-corrected chi connectivity index (χ4v) is 3.26. The second kappa shape index (κ2) is 8.78. The van der Waals surface area contributed by atoms with Gasteiger partial charge in [-0.1, -0.05) is 12.1 Å². The van der Waals surface area contributed by atoms with Gasteiger partial charge in [0.1, 0.15) is 17.6 Å². The van der Waals surface area contributed by atoms with Crippen molar-refractivity contribution in [1.82, 2.24) is 5.32 Å². The van der Waals surface area contributed by atoms with Crippen molar-refractivity contribution in [3.63, 3.8) is 0 Å². The van der Waals surface area contributed by atoms with Gasteiger partial charge in [-0.3, -0.25) is 9.59 Å². The van der Waals surface area contributed by atoms with Crippen LogP contribution in [0.5, 0.6) is 11.5 Å². The first-order chi connectivity index (χ1) is 13.4. The fraction of sp³-hybridized carbons (Fsp3) is 0.364. The summed E-state index contributed by atoms with van der Waals surface area (Å²) < 4.78 is 11.6. The zero-order valence-electron chi connectivity index (χ0n) is 16.5. The van der Waals surface area contributed by atoms with E-state index >= 15 is 0 Å². The number of hydrogen-bond donors (Lipinski definition) is 2. The zero-order chi connectivity index (χ0) is 20.1. The van der Waals surface area contributed by atoms with Gasteiger partial charge in [-0.15, -0.1) is 0 Å². The van der Waals surface area contributed by atoms with Crippen LogP contribution in [0.15, 0.2) is 36.4 Å². The van der Waals surface area contributed by atoms with Gasteiger partial charge in [-0.2, -0.15) is 0 Å². The van der Waals surface area contributed by atoms with E-state index in [2.05, 4.69) is 10.6 Å². The van der Waals surface area contributed by atoms with E-state index in [0.29, 0.717) is 18.8 Å². The van der Waals surface area contributed by atoms with Gasteiger partial charge in [0.2, 0.25) is 11.8 Å². The molecule has 2 aromatic rings. The maximum Gasteiger partial charge on any atom is 0.224 e. The van der Waals surface area contributed by atoms with Crippen LogP contribution in [-0.4, -0.2) is 24.5 Å². The summed E-state index contributed by atoms with van der Waals surface area (Å²) in [5.74, 6) is 1.46. The molecule has 0 bridgehead atoms. The summed E-state index contributed by atoms with van der Waals surface area (Å²) in [5.41, 5.74) is 3.64. The van der Waals surface area contributed by atoms with Gasteiger partial charge in [-0.25, -0.2) is 0 Å². The minimum Gasteiger partial charge on any atom is -0.494 e. The molecule has 148 valence electrons. The lowest BCUT2D eigenvalue weighted by Gasteiger charge is -2.13. The van der Waals surface area contributed by atoms with Crippen LogP contribution >= 0.6 is 0 Å². The molecule has 0 radical (unpaired) electrons. The van der Waals surface area contributed by atoms with Gasteiger partial charge in [0.25, 0.3) is 0 Å². The predicted molar refractivity (Wildman–Crippen MR) is 108 cm³/mol. The second-order valence-electron chi connectivity index (χ2n) is 6.96. The van der Waals surface area contributed by atoms with Crippen LogP contribution in [0, 0.1) is 0 Å². The Labute approximate surface area is 165 Å². The van der Waals surface area contributed by atoms with Crippen molar-refractivity contribution in [3.8, 4) is 11.5 Å². The van der Waals surface area contributed by atoms with E-state index in [1.54, 1.807) is 12.1 Å². The maximum atomic E-state index is 12.4. The molecule has 0 spiro atoms. The number of carbonyl (C=O) groups excluding carboxylic acids is 2. The minimum absolute atomic E-state index is 0.0792. The molecule has 6 nitrogen and oxygen atoms in total. The topological polar surface area (TPSA) is 76.7 Å². The molecule has 2 aromatic carbocycles. The Balaban J connectivity index is 1.61. The molecular formula is C22H26N2O4. The first-order valence-corrected chi connectivity index (χ1v) is 9.53. The number of ether oxygens (including phenoxy) is 2. The molecular weight excluding hydrogens is 356 g/mol. The van der Waals surface area contributed by atoms with Gasteiger partial charge in [0.15, 0.2) is 0 Å². The Morgan fingerprint density at radius 3 is 2.64 bits per heavy atom. The van der Waals surface area contributed by atoms with Crippen LogP contribution in [-0.2, 0) is 29.0 Å². The zero-order valence-corrected chi connectivity index (χ0v) is 16.5. The highest BCUT2D eigenvalue weighted by molar-refractivity contribution is 5.88. The van der Waals surface area contributed by atoms with Crippen molar-refractivity contribution in [2.45, 2.75) is 46.3 Å². The van der Waals surface area contributed by atoms with Crippen LogP contribution in [0.1, 0.15) is 37.5 Å². The molecule has 6 heteroatoms. The lowest BCUT2D eigenvalue weighted by molar-refractivity contribution is -0.120. The highest BCUT2D eigenvalue weighted by Gasteiger charge is 2.22. The minimum atomic E-state index is -0.122. The first-order valence-electron chi connectivity index (χ1n) is 9.53. The molecule has 2 N–H and O–H groups in total. The average molecular weight is 382 g/mol. The van der Waals surface area contributed by atoms with E-state index in [1.165, 1.54) is 6.92 Å². The second-order valence-corrected chi connectivity index (χ2v) is 6.96. The Hall–Kier alpha value is -3.02. The van der Waals surface area contributed by atoms with Crippen LogP contribution in [0.2, 0.25) is 0 Å². The highest BCUT2D eigenvalue weighted by atomic mass is 16.5. The lowest BCUT2D eigenvalue weighted by Crippen LogP contribution is -2.25. The molecule has 0 aliphatic carbocycles. The standard InChI is InChI=1S/C22H26N2O4/c1-4-27-20-11-17-9-14(2)28-21(17)12-18(20)13-23-22(26)10-16-5-7-19(8-6-16)24-15(3)25/h5-8,11-12,14H,4,9-10,13H2,1-3H3,(H,23,26)(H,24,25)/t14-/m1/s1. The molecule has 3 rings (SSSR count). The molecule has 0 saturated carbocycles. The monoisotopic (exact) mass is 382 g/mol. The van der Waals surface area contributed by atoms with Crippen LogP contribution in [0.3, 0.4) is 0 Å². The summed E-state index contributed by atoms with van der Waals surface area (Å²) in [4.78, 5) is 23.4. The normalized spacial score (nSPS) is 14.8. The van der Waals surface area contributed by atoms with E-state index in [-0.39, 0.29) is 24.3 Å². The van der Waals surface area contributed by atoms with Crippen LogP contribution in [0.4, 0.5) is 5.69 Å². The number of amides is 2. The summed E-state index contributed by atoms with van der Waals surface area (Å²) in [5, 5.41) is 5.66. The van der Waals surface area contributed by atoms with Gasteiger partial charge in [-0.05, 0) is 43.7 Å². The van der Waals surface area contributed by atoms with Crippen molar-refractivity contribution in [2.24, 2.45) is 0 Å². The Morgan fingerprint density at radius 2 is 1.96 bits per heavy atom. The van der Waals surface area contributed by atoms with E-state index in [9.17, 15) is 9.59 Å². The number of anilines is 1. The number of fused-ring (bicyclic) bond motifs is 1. The van der Waals surface area contributed by atoms with Crippen molar-refractivity contribution in [2.75, 3.05) is 11.9 Å². The van der Waals surface area contributed by atoms with Crippen LogP contribution < -0.4 is 20.1 Å². The summed E-state index contributed by atoms with van der Waals surface area (Å²) in [6.45, 7) is 6.39. The lowest BCUT2D eigenvalue weighted by atomic mass is 10.1. The molecule has 1 aliphatic rings. The first kappa shape index (κ1) is 19.7.